The molecular weight excluding hydrogens is 224 g/mol. The van der Waals surface area contributed by atoms with Crippen LogP contribution >= 0.6 is 27.3 Å². The van der Waals surface area contributed by atoms with Gasteiger partial charge in [-0.25, -0.2) is 5.43 Å². The van der Waals surface area contributed by atoms with Crippen LogP contribution < -0.4 is 11.3 Å². The van der Waals surface area contributed by atoms with Gasteiger partial charge in [0.2, 0.25) is 0 Å². The van der Waals surface area contributed by atoms with Gasteiger partial charge >= 0.3 is 0 Å². The molecule has 0 aliphatic heterocycles. The molecular formula is C7H7BrN2S. The van der Waals surface area contributed by atoms with Crippen molar-refractivity contribution in [3.8, 4) is 12.3 Å². The molecule has 0 aliphatic carbocycles. The number of terminal acetylenes is 1. The first-order valence-corrected chi connectivity index (χ1v) is 4.61. The molecule has 1 aromatic heterocycles. The number of rotatable bonds is 2. The van der Waals surface area contributed by atoms with Crippen molar-refractivity contribution in [1.29, 1.82) is 0 Å². The second-order valence-electron chi connectivity index (χ2n) is 1.93. The molecule has 1 rings (SSSR count). The Bertz CT molecular complexity index is 276. The van der Waals surface area contributed by atoms with E-state index in [1.54, 1.807) is 11.3 Å². The lowest BCUT2D eigenvalue weighted by atomic mass is 10.3. The average molecular weight is 231 g/mol. The molecule has 0 spiro atoms. The van der Waals surface area contributed by atoms with Gasteiger partial charge < -0.3 is 0 Å². The lowest BCUT2D eigenvalue weighted by Crippen LogP contribution is -2.25. The minimum Gasteiger partial charge on any atom is -0.270 e. The summed E-state index contributed by atoms with van der Waals surface area (Å²) >= 11 is 4.91. The summed E-state index contributed by atoms with van der Waals surface area (Å²) in [6.07, 6.45) is 5.22. The van der Waals surface area contributed by atoms with Gasteiger partial charge in [0.25, 0.3) is 0 Å². The highest BCUT2D eigenvalue weighted by Gasteiger charge is 2.07. The number of hydrazine groups is 1. The zero-order valence-corrected chi connectivity index (χ0v) is 8.08. The molecule has 0 saturated heterocycles. The van der Waals surface area contributed by atoms with Gasteiger partial charge in [-0.1, -0.05) is 5.92 Å². The van der Waals surface area contributed by atoms with Crippen LogP contribution in [-0.4, -0.2) is 0 Å². The summed E-state index contributed by atoms with van der Waals surface area (Å²) in [7, 11) is 0. The summed E-state index contributed by atoms with van der Waals surface area (Å²) < 4.78 is 1.04. The van der Waals surface area contributed by atoms with Crippen molar-refractivity contribution in [2.24, 2.45) is 5.84 Å². The normalized spacial score (nSPS) is 12.5. The second kappa shape index (κ2) is 3.88. The van der Waals surface area contributed by atoms with Gasteiger partial charge in [0.05, 0.1) is 0 Å². The van der Waals surface area contributed by atoms with Gasteiger partial charge in [0.15, 0.2) is 0 Å². The maximum Gasteiger partial charge on any atom is 0.116 e. The fourth-order valence-corrected chi connectivity index (χ4v) is 2.15. The van der Waals surface area contributed by atoms with E-state index in [2.05, 4.69) is 27.3 Å². The van der Waals surface area contributed by atoms with Crippen LogP contribution in [0.1, 0.15) is 10.9 Å². The molecule has 0 amide bonds. The predicted octanol–water partition coefficient (Wildman–Crippen LogP) is 1.65. The topological polar surface area (TPSA) is 38.0 Å². The summed E-state index contributed by atoms with van der Waals surface area (Å²) in [5.41, 5.74) is 2.53. The Labute approximate surface area is 77.9 Å². The van der Waals surface area contributed by atoms with Crippen molar-refractivity contribution >= 4 is 27.3 Å². The molecule has 1 atom stereocenters. The fraction of sp³-hybridized carbons (Fsp3) is 0.143. The Hall–Kier alpha value is -0.340. The first kappa shape index (κ1) is 8.75. The highest BCUT2D eigenvalue weighted by Crippen LogP contribution is 2.24. The van der Waals surface area contributed by atoms with Crippen molar-refractivity contribution in [2.75, 3.05) is 0 Å². The first-order valence-electron chi connectivity index (χ1n) is 2.94. The van der Waals surface area contributed by atoms with E-state index in [1.165, 1.54) is 0 Å². The zero-order valence-electron chi connectivity index (χ0n) is 5.67. The summed E-state index contributed by atoms with van der Waals surface area (Å²) in [6.45, 7) is 0. The van der Waals surface area contributed by atoms with E-state index in [9.17, 15) is 0 Å². The van der Waals surface area contributed by atoms with Gasteiger partial charge in [-0.2, -0.15) is 0 Å². The quantitative estimate of drug-likeness (QED) is 0.461. The van der Waals surface area contributed by atoms with E-state index in [0.29, 0.717) is 0 Å². The number of nitrogens with one attached hydrogen (secondary N) is 1. The van der Waals surface area contributed by atoms with E-state index in [-0.39, 0.29) is 6.04 Å². The summed E-state index contributed by atoms with van der Waals surface area (Å²) in [5, 5.41) is 1.97. The van der Waals surface area contributed by atoms with Crippen LogP contribution in [0.4, 0.5) is 0 Å². The predicted molar refractivity (Wildman–Crippen MR) is 50.9 cm³/mol. The van der Waals surface area contributed by atoms with E-state index >= 15 is 0 Å². The standard InChI is InChI=1S/C7H7BrN2S/c1-2-6(10-9)7-3-5(8)4-11-7/h1,3-4,6,10H,9H2. The third-order valence-corrected chi connectivity index (χ3v) is 2.96. The molecule has 0 aromatic carbocycles. The van der Waals surface area contributed by atoms with E-state index in [1.807, 2.05) is 11.4 Å². The largest absolute Gasteiger partial charge is 0.270 e. The minimum atomic E-state index is -0.175. The van der Waals surface area contributed by atoms with Crippen molar-refractivity contribution in [3.05, 3.63) is 20.8 Å². The molecule has 58 valence electrons. The highest BCUT2D eigenvalue weighted by atomic mass is 79.9. The number of thiophene rings is 1. The Morgan fingerprint density at radius 1 is 1.82 bits per heavy atom. The van der Waals surface area contributed by atoms with Gasteiger partial charge in [-0.05, 0) is 22.0 Å². The molecule has 3 N–H and O–H groups in total. The van der Waals surface area contributed by atoms with E-state index < -0.39 is 0 Å². The average Bonchev–Trinajstić information content (AvgIpc) is 2.39. The van der Waals surface area contributed by atoms with Gasteiger partial charge in [0.1, 0.15) is 6.04 Å². The summed E-state index contributed by atoms with van der Waals surface area (Å²) in [5.74, 6) is 7.76. The Morgan fingerprint density at radius 3 is 2.91 bits per heavy atom. The van der Waals surface area contributed by atoms with Crippen LogP contribution in [0.5, 0.6) is 0 Å². The Kier molecular flexibility index (Phi) is 3.09. The molecule has 0 radical (unpaired) electrons. The second-order valence-corrected chi connectivity index (χ2v) is 3.79. The Balaban J connectivity index is 2.84. The molecule has 0 aliphatic rings. The van der Waals surface area contributed by atoms with Gasteiger partial charge in [-0.3, -0.25) is 5.84 Å². The van der Waals surface area contributed by atoms with E-state index in [4.69, 9.17) is 12.3 Å². The van der Waals surface area contributed by atoms with Crippen LogP contribution in [0, 0.1) is 12.3 Å². The SMILES string of the molecule is C#CC(NN)c1cc(Br)cs1. The Morgan fingerprint density at radius 2 is 2.55 bits per heavy atom. The molecule has 0 fully saturated rings. The lowest BCUT2D eigenvalue weighted by Gasteiger charge is -2.04. The molecule has 0 saturated carbocycles. The van der Waals surface area contributed by atoms with Gasteiger partial charge in [0, 0.05) is 14.7 Å². The minimum absolute atomic E-state index is 0.175. The molecule has 0 bridgehead atoms. The van der Waals surface area contributed by atoms with Crippen LogP contribution in [-0.2, 0) is 0 Å². The van der Waals surface area contributed by atoms with Crippen LogP contribution in [0.3, 0.4) is 0 Å². The summed E-state index contributed by atoms with van der Waals surface area (Å²) in [4.78, 5) is 1.04. The molecule has 1 aromatic rings. The van der Waals surface area contributed by atoms with Crippen molar-refractivity contribution in [1.82, 2.24) is 5.43 Å². The molecule has 1 heterocycles. The molecule has 2 nitrogen and oxygen atoms in total. The number of halogens is 1. The number of hydrogen-bond acceptors (Lipinski definition) is 3. The summed E-state index contributed by atoms with van der Waals surface area (Å²) in [6, 6.07) is 1.78. The maximum atomic E-state index is 5.22. The fourth-order valence-electron chi connectivity index (χ4n) is 0.692. The third-order valence-electron chi connectivity index (χ3n) is 1.21. The lowest BCUT2D eigenvalue weighted by molar-refractivity contribution is 0.683. The molecule has 11 heavy (non-hydrogen) atoms. The maximum absolute atomic E-state index is 5.22. The van der Waals surface area contributed by atoms with Gasteiger partial charge in [-0.15, -0.1) is 17.8 Å². The monoisotopic (exact) mass is 230 g/mol. The van der Waals surface area contributed by atoms with Crippen molar-refractivity contribution in [2.45, 2.75) is 6.04 Å². The van der Waals surface area contributed by atoms with Crippen LogP contribution in [0.2, 0.25) is 0 Å². The molecule has 1 unspecified atom stereocenters. The first-order chi connectivity index (χ1) is 5.27. The number of hydrogen-bond donors (Lipinski definition) is 2. The van der Waals surface area contributed by atoms with E-state index in [0.717, 1.165) is 9.35 Å². The molecule has 4 heteroatoms. The third kappa shape index (κ3) is 2.04. The van der Waals surface area contributed by atoms with Crippen molar-refractivity contribution in [3.63, 3.8) is 0 Å². The smallest absolute Gasteiger partial charge is 0.116 e. The van der Waals surface area contributed by atoms with Crippen LogP contribution in [0.25, 0.3) is 0 Å². The van der Waals surface area contributed by atoms with Crippen molar-refractivity contribution < 1.29 is 0 Å². The highest BCUT2D eigenvalue weighted by molar-refractivity contribution is 9.10. The zero-order chi connectivity index (χ0) is 8.27. The number of nitrogens with two attached hydrogens (primary N) is 1. The van der Waals surface area contributed by atoms with Crippen LogP contribution in [0.15, 0.2) is 15.9 Å².